The van der Waals surface area contributed by atoms with Crippen LogP contribution < -0.4 is 0 Å². The fourth-order valence-corrected chi connectivity index (χ4v) is 3.16. The first-order valence-electron chi connectivity index (χ1n) is 7.10. The zero-order valence-corrected chi connectivity index (χ0v) is 11.6. The van der Waals surface area contributed by atoms with Gasteiger partial charge in [-0.3, -0.25) is 0 Å². The minimum atomic E-state index is 1.05. The van der Waals surface area contributed by atoms with Crippen LogP contribution in [0.3, 0.4) is 0 Å². The third kappa shape index (κ3) is 1.69. The Balaban J connectivity index is 1.91. The summed E-state index contributed by atoms with van der Waals surface area (Å²) in [4.78, 5) is 0. The van der Waals surface area contributed by atoms with E-state index in [0.29, 0.717) is 0 Å². The maximum atomic E-state index is 2.25. The second kappa shape index (κ2) is 4.35. The maximum absolute atomic E-state index is 2.25. The van der Waals surface area contributed by atoms with E-state index in [0.717, 1.165) is 6.42 Å². The fraction of sp³-hybridized carbons (Fsp3) is 0.100. The van der Waals surface area contributed by atoms with E-state index in [1.54, 1.807) is 0 Å². The van der Waals surface area contributed by atoms with E-state index in [-0.39, 0.29) is 0 Å². The molecule has 0 unspecified atom stereocenters. The van der Waals surface area contributed by atoms with Crippen molar-refractivity contribution >= 4 is 0 Å². The lowest BCUT2D eigenvalue weighted by molar-refractivity contribution is 1.26. The van der Waals surface area contributed by atoms with Crippen LogP contribution in [-0.2, 0) is 6.42 Å². The molecule has 96 valence electrons. The molecule has 0 saturated carbocycles. The molecule has 1 aliphatic carbocycles. The SMILES string of the molecule is Cc1ccc(-c2cccc3c2Cc2ccccc2-3)cc1. The smallest absolute Gasteiger partial charge is 0.000729 e. The van der Waals surface area contributed by atoms with Gasteiger partial charge >= 0.3 is 0 Å². The molecule has 0 atom stereocenters. The fourth-order valence-electron chi connectivity index (χ4n) is 3.16. The van der Waals surface area contributed by atoms with Crippen LogP contribution in [-0.4, -0.2) is 0 Å². The van der Waals surface area contributed by atoms with E-state index in [1.165, 1.54) is 38.9 Å². The highest BCUT2D eigenvalue weighted by atomic mass is 14.2. The van der Waals surface area contributed by atoms with E-state index in [2.05, 4.69) is 73.7 Å². The third-order valence-electron chi connectivity index (χ3n) is 4.21. The Labute approximate surface area is 119 Å². The monoisotopic (exact) mass is 256 g/mol. The molecule has 20 heavy (non-hydrogen) atoms. The molecule has 0 aromatic heterocycles. The summed E-state index contributed by atoms with van der Waals surface area (Å²) < 4.78 is 0. The normalized spacial score (nSPS) is 12.1. The van der Waals surface area contributed by atoms with Gasteiger partial charge in [-0.2, -0.15) is 0 Å². The Kier molecular flexibility index (Phi) is 2.50. The molecule has 3 aromatic carbocycles. The van der Waals surface area contributed by atoms with Crippen molar-refractivity contribution in [2.45, 2.75) is 13.3 Å². The van der Waals surface area contributed by atoms with E-state index in [1.807, 2.05) is 0 Å². The minimum Gasteiger partial charge on any atom is -0.0619 e. The molecule has 0 saturated heterocycles. The third-order valence-corrected chi connectivity index (χ3v) is 4.21. The Morgan fingerprint density at radius 2 is 1.35 bits per heavy atom. The number of rotatable bonds is 1. The summed E-state index contributed by atoms with van der Waals surface area (Å²) in [7, 11) is 0. The number of benzene rings is 3. The molecule has 0 N–H and O–H groups in total. The average molecular weight is 256 g/mol. The van der Waals surface area contributed by atoms with Crippen LogP contribution in [0.5, 0.6) is 0 Å². The molecule has 0 radical (unpaired) electrons. The highest BCUT2D eigenvalue weighted by Gasteiger charge is 2.20. The van der Waals surface area contributed by atoms with Crippen molar-refractivity contribution in [2.75, 3.05) is 0 Å². The van der Waals surface area contributed by atoms with Crippen molar-refractivity contribution in [3.05, 3.63) is 83.4 Å². The van der Waals surface area contributed by atoms with Crippen LogP contribution in [0.15, 0.2) is 66.7 Å². The molecule has 0 spiro atoms. The molecule has 0 bridgehead atoms. The highest BCUT2D eigenvalue weighted by molar-refractivity contribution is 5.84. The number of fused-ring (bicyclic) bond motifs is 3. The molecular weight excluding hydrogens is 240 g/mol. The van der Waals surface area contributed by atoms with Gasteiger partial charge in [-0.15, -0.1) is 0 Å². The lowest BCUT2D eigenvalue weighted by Crippen LogP contribution is -1.87. The van der Waals surface area contributed by atoms with Crippen molar-refractivity contribution in [3.63, 3.8) is 0 Å². The van der Waals surface area contributed by atoms with Crippen molar-refractivity contribution in [3.8, 4) is 22.3 Å². The summed E-state index contributed by atoms with van der Waals surface area (Å²) in [6.07, 6.45) is 1.05. The maximum Gasteiger partial charge on any atom is -0.000729 e. The van der Waals surface area contributed by atoms with Gasteiger partial charge in [-0.1, -0.05) is 72.3 Å². The molecule has 0 heterocycles. The molecular formula is C20H16. The largest absolute Gasteiger partial charge is 0.0619 e. The van der Waals surface area contributed by atoms with Crippen molar-refractivity contribution in [1.29, 1.82) is 0 Å². The van der Waals surface area contributed by atoms with E-state index >= 15 is 0 Å². The lowest BCUT2D eigenvalue weighted by atomic mass is 9.95. The molecule has 0 nitrogen and oxygen atoms in total. The molecule has 1 aliphatic rings. The molecule has 4 rings (SSSR count). The lowest BCUT2D eigenvalue weighted by Gasteiger charge is -2.09. The van der Waals surface area contributed by atoms with Crippen molar-refractivity contribution in [2.24, 2.45) is 0 Å². The van der Waals surface area contributed by atoms with Crippen LogP contribution >= 0.6 is 0 Å². The Hall–Kier alpha value is -2.34. The van der Waals surface area contributed by atoms with Gasteiger partial charge in [0.25, 0.3) is 0 Å². The Morgan fingerprint density at radius 3 is 2.20 bits per heavy atom. The zero-order chi connectivity index (χ0) is 13.5. The van der Waals surface area contributed by atoms with Crippen molar-refractivity contribution < 1.29 is 0 Å². The van der Waals surface area contributed by atoms with E-state index in [4.69, 9.17) is 0 Å². The van der Waals surface area contributed by atoms with Crippen LogP contribution in [0, 0.1) is 6.92 Å². The van der Waals surface area contributed by atoms with Gasteiger partial charge in [0, 0.05) is 0 Å². The molecule has 0 amide bonds. The predicted octanol–water partition coefficient (Wildman–Crippen LogP) is 5.23. The molecule has 0 heteroatoms. The van der Waals surface area contributed by atoms with E-state index in [9.17, 15) is 0 Å². The van der Waals surface area contributed by atoms with Crippen LogP contribution in [0.25, 0.3) is 22.3 Å². The molecule has 0 aliphatic heterocycles. The molecule has 0 fully saturated rings. The topological polar surface area (TPSA) is 0 Å². The predicted molar refractivity (Wildman–Crippen MR) is 84.9 cm³/mol. The summed E-state index contributed by atoms with van der Waals surface area (Å²) in [6, 6.07) is 24.3. The quantitative estimate of drug-likeness (QED) is 0.437. The summed E-state index contributed by atoms with van der Waals surface area (Å²) in [6.45, 7) is 2.13. The number of aryl methyl sites for hydroxylation is 1. The summed E-state index contributed by atoms with van der Waals surface area (Å²) in [5.74, 6) is 0. The first-order valence-corrected chi connectivity index (χ1v) is 7.10. The van der Waals surface area contributed by atoms with Gasteiger partial charge in [0.2, 0.25) is 0 Å². The Morgan fingerprint density at radius 1 is 0.650 bits per heavy atom. The van der Waals surface area contributed by atoms with Gasteiger partial charge < -0.3 is 0 Å². The van der Waals surface area contributed by atoms with Gasteiger partial charge in [-0.05, 0) is 46.7 Å². The second-order valence-corrected chi connectivity index (χ2v) is 5.53. The minimum absolute atomic E-state index is 1.05. The first-order chi connectivity index (χ1) is 9.83. The first kappa shape index (κ1) is 11.5. The van der Waals surface area contributed by atoms with Crippen LogP contribution in [0.2, 0.25) is 0 Å². The van der Waals surface area contributed by atoms with E-state index < -0.39 is 0 Å². The highest BCUT2D eigenvalue weighted by Crippen LogP contribution is 2.41. The van der Waals surface area contributed by atoms with Gasteiger partial charge in [0.15, 0.2) is 0 Å². The average Bonchev–Trinajstić information content (AvgIpc) is 2.87. The standard InChI is InChI=1S/C20H16/c1-14-9-11-15(12-10-14)17-7-4-8-19-18-6-3-2-5-16(18)13-20(17)19/h2-12H,13H2,1H3. The van der Waals surface area contributed by atoms with Gasteiger partial charge in [0.1, 0.15) is 0 Å². The van der Waals surface area contributed by atoms with Crippen LogP contribution in [0.4, 0.5) is 0 Å². The Bertz CT molecular complexity index is 779. The molecule has 3 aromatic rings. The summed E-state index contributed by atoms with van der Waals surface area (Å²) in [5, 5.41) is 0. The second-order valence-electron chi connectivity index (χ2n) is 5.53. The summed E-state index contributed by atoms with van der Waals surface area (Å²) in [5.41, 5.74) is 9.72. The summed E-state index contributed by atoms with van der Waals surface area (Å²) >= 11 is 0. The van der Waals surface area contributed by atoms with Crippen LogP contribution in [0.1, 0.15) is 16.7 Å². The van der Waals surface area contributed by atoms with Gasteiger partial charge in [-0.25, -0.2) is 0 Å². The van der Waals surface area contributed by atoms with Gasteiger partial charge in [0.05, 0.1) is 0 Å². The number of hydrogen-bond donors (Lipinski definition) is 0. The van der Waals surface area contributed by atoms with Crippen molar-refractivity contribution in [1.82, 2.24) is 0 Å². The number of hydrogen-bond acceptors (Lipinski definition) is 0. The zero-order valence-electron chi connectivity index (χ0n) is 11.6.